The van der Waals surface area contributed by atoms with Crippen LogP contribution in [0, 0.1) is 0 Å². The van der Waals surface area contributed by atoms with Gasteiger partial charge in [-0.15, -0.1) is 0 Å². The first-order chi connectivity index (χ1) is 13.2. The van der Waals surface area contributed by atoms with E-state index < -0.39 is 0 Å². The van der Waals surface area contributed by atoms with Crippen molar-refractivity contribution in [2.45, 2.75) is 24.1 Å². The minimum Gasteiger partial charge on any atom is -0.390 e. The molecule has 0 atom stereocenters. The first-order valence-corrected chi connectivity index (χ1v) is 9.72. The van der Waals surface area contributed by atoms with E-state index in [0.29, 0.717) is 24.0 Å². The fourth-order valence-electron chi connectivity index (χ4n) is 2.86. The number of thioether (sulfide) groups is 1. The number of rotatable bonds is 9. The second-order valence-corrected chi connectivity index (χ2v) is 6.99. The molecule has 0 saturated heterocycles. The topological polar surface area (TPSA) is 76.4 Å². The van der Waals surface area contributed by atoms with Gasteiger partial charge < -0.3 is 19.7 Å². The van der Waals surface area contributed by atoms with Crippen LogP contribution in [-0.4, -0.2) is 40.8 Å². The molecule has 0 radical (unpaired) electrons. The summed E-state index contributed by atoms with van der Waals surface area (Å²) in [4.78, 5) is 16.5. The number of aliphatic hydroxyl groups is 1. The second kappa shape index (κ2) is 9.55. The van der Waals surface area contributed by atoms with E-state index in [0.717, 1.165) is 5.75 Å². The number of carbonyl (C=O) groups is 1. The minimum absolute atomic E-state index is 0.122. The number of fused-ring (bicyclic) bond motifs is 1. The van der Waals surface area contributed by atoms with Crippen molar-refractivity contribution in [3.05, 3.63) is 59.9 Å². The second-order valence-electron chi connectivity index (χ2n) is 6.05. The molecule has 2 N–H and O–H groups in total. The van der Waals surface area contributed by atoms with Crippen LogP contribution in [0.2, 0.25) is 0 Å². The van der Waals surface area contributed by atoms with Crippen LogP contribution in [0.3, 0.4) is 0 Å². The number of aliphatic hydroxyl groups excluding tert-OH is 1. The molecule has 7 heteroatoms. The zero-order chi connectivity index (χ0) is 19.1. The number of hydrogen-bond acceptors (Lipinski definition) is 5. The van der Waals surface area contributed by atoms with Gasteiger partial charge in [-0.05, 0) is 16.3 Å². The van der Waals surface area contributed by atoms with E-state index in [1.165, 1.54) is 16.3 Å². The van der Waals surface area contributed by atoms with Crippen LogP contribution in [0.5, 0.6) is 0 Å². The zero-order valence-electron chi connectivity index (χ0n) is 15.2. The SMILES string of the molecule is COCCNC(=O)Cn1c(CO)cnc1SCc1cccc2ccccc12. The molecule has 0 unspecified atom stereocenters. The highest BCUT2D eigenvalue weighted by molar-refractivity contribution is 7.98. The summed E-state index contributed by atoms with van der Waals surface area (Å²) < 4.78 is 6.70. The van der Waals surface area contributed by atoms with Gasteiger partial charge in [0.2, 0.25) is 5.91 Å². The molecule has 6 nitrogen and oxygen atoms in total. The summed E-state index contributed by atoms with van der Waals surface area (Å²) in [6.45, 7) is 0.882. The zero-order valence-corrected chi connectivity index (χ0v) is 16.0. The van der Waals surface area contributed by atoms with Crippen LogP contribution in [-0.2, 0) is 28.4 Å². The minimum atomic E-state index is -0.160. The Bertz CT molecular complexity index is 905. The molecule has 0 bridgehead atoms. The van der Waals surface area contributed by atoms with Gasteiger partial charge in [0.15, 0.2) is 5.16 Å². The molecular formula is C20H23N3O3S. The van der Waals surface area contributed by atoms with Crippen LogP contribution >= 0.6 is 11.8 Å². The maximum absolute atomic E-state index is 12.1. The largest absolute Gasteiger partial charge is 0.390 e. The number of aromatic nitrogens is 2. The first kappa shape index (κ1) is 19.4. The lowest BCUT2D eigenvalue weighted by atomic mass is 10.1. The van der Waals surface area contributed by atoms with Crippen molar-refractivity contribution in [1.82, 2.24) is 14.9 Å². The lowest BCUT2D eigenvalue weighted by Gasteiger charge is -2.11. The summed E-state index contributed by atoms with van der Waals surface area (Å²) >= 11 is 1.56. The van der Waals surface area contributed by atoms with Gasteiger partial charge in [0.1, 0.15) is 6.54 Å². The van der Waals surface area contributed by atoms with Gasteiger partial charge in [0.25, 0.3) is 0 Å². The fraction of sp³-hybridized carbons (Fsp3) is 0.300. The number of hydrogen-bond donors (Lipinski definition) is 2. The van der Waals surface area contributed by atoms with E-state index >= 15 is 0 Å². The molecular weight excluding hydrogens is 362 g/mol. The predicted octanol–water partition coefficient (Wildman–Crippen LogP) is 2.58. The standard InChI is InChI=1S/C20H23N3O3S/c1-26-10-9-21-19(25)12-23-17(13-24)11-22-20(23)27-14-16-7-4-6-15-5-2-3-8-18(15)16/h2-8,11,24H,9-10,12-14H2,1H3,(H,21,25). The van der Waals surface area contributed by atoms with Gasteiger partial charge in [-0.2, -0.15) is 0 Å². The van der Waals surface area contributed by atoms with Gasteiger partial charge in [-0.1, -0.05) is 54.2 Å². The number of imidazole rings is 1. The van der Waals surface area contributed by atoms with E-state index in [9.17, 15) is 9.90 Å². The van der Waals surface area contributed by atoms with Crippen molar-refractivity contribution in [2.75, 3.05) is 20.3 Å². The van der Waals surface area contributed by atoms with Crippen molar-refractivity contribution >= 4 is 28.4 Å². The number of amides is 1. The summed E-state index contributed by atoms with van der Waals surface area (Å²) in [5.74, 6) is 0.598. The number of nitrogens with zero attached hydrogens (tertiary/aromatic N) is 2. The molecule has 1 amide bonds. The molecule has 1 aromatic heterocycles. The van der Waals surface area contributed by atoms with Gasteiger partial charge in [0, 0.05) is 19.4 Å². The number of methoxy groups -OCH3 is 1. The quantitative estimate of drug-likeness (QED) is 0.437. The van der Waals surface area contributed by atoms with Crippen molar-refractivity contribution in [2.24, 2.45) is 0 Å². The van der Waals surface area contributed by atoms with E-state index in [-0.39, 0.29) is 19.1 Å². The molecule has 142 valence electrons. The molecule has 0 aliphatic carbocycles. The molecule has 27 heavy (non-hydrogen) atoms. The molecule has 3 aromatic rings. The Morgan fingerprint density at radius 3 is 2.89 bits per heavy atom. The molecule has 1 heterocycles. The molecule has 0 spiro atoms. The summed E-state index contributed by atoms with van der Waals surface area (Å²) in [5, 5.41) is 15.5. The van der Waals surface area contributed by atoms with Crippen molar-refractivity contribution in [3.63, 3.8) is 0 Å². The maximum atomic E-state index is 12.1. The molecule has 0 aliphatic heterocycles. The summed E-state index contributed by atoms with van der Waals surface area (Å²) in [5.41, 5.74) is 1.83. The molecule has 2 aromatic carbocycles. The maximum Gasteiger partial charge on any atom is 0.240 e. The number of nitrogens with one attached hydrogen (secondary N) is 1. The predicted molar refractivity (Wildman–Crippen MR) is 107 cm³/mol. The monoisotopic (exact) mass is 385 g/mol. The van der Waals surface area contributed by atoms with Crippen LogP contribution in [0.1, 0.15) is 11.3 Å². The lowest BCUT2D eigenvalue weighted by Crippen LogP contribution is -2.31. The van der Waals surface area contributed by atoms with E-state index in [1.807, 2.05) is 18.2 Å². The smallest absolute Gasteiger partial charge is 0.240 e. The van der Waals surface area contributed by atoms with Crippen LogP contribution < -0.4 is 5.32 Å². The number of ether oxygens (including phenoxy) is 1. The molecule has 0 aliphatic rings. The Morgan fingerprint density at radius 1 is 1.26 bits per heavy atom. The third-order valence-corrected chi connectivity index (χ3v) is 5.27. The highest BCUT2D eigenvalue weighted by Crippen LogP contribution is 2.27. The van der Waals surface area contributed by atoms with Crippen LogP contribution in [0.4, 0.5) is 0 Å². The van der Waals surface area contributed by atoms with E-state index in [1.54, 1.807) is 29.6 Å². The Balaban J connectivity index is 1.73. The Labute approximate surface area is 162 Å². The van der Waals surface area contributed by atoms with E-state index in [2.05, 4.69) is 34.6 Å². The van der Waals surface area contributed by atoms with Crippen molar-refractivity contribution < 1.29 is 14.6 Å². The summed E-state index contributed by atoms with van der Waals surface area (Å²) in [6.07, 6.45) is 1.62. The Morgan fingerprint density at radius 2 is 2.07 bits per heavy atom. The Hall–Kier alpha value is -2.35. The first-order valence-electron chi connectivity index (χ1n) is 8.73. The lowest BCUT2D eigenvalue weighted by molar-refractivity contribution is -0.122. The van der Waals surface area contributed by atoms with Gasteiger partial charge in [-0.3, -0.25) is 4.79 Å². The highest BCUT2D eigenvalue weighted by Gasteiger charge is 2.14. The Kier molecular flexibility index (Phi) is 6.86. The van der Waals surface area contributed by atoms with E-state index in [4.69, 9.17) is 4.74 Å². The number of benzene rings is 2. The molecule has 0 saturated carbocycles. The van der Waals surface area contributed by atoms with Crippen LogP contribution in [0.15, 0.2) is 53.8 Å². The molecule has 3 rings (SSSR count). The third kappa shape index (κ3) is 4.88. The van der Waals surface area contributed by atoms with Crippen molar-refractivity contribution in [3.8, 4) is 0 Å². The average Bonchev–Trinajstić information content (AvgIpc) is 3.08. The summed E-state index contributed by atoms with van der Waals surface area (Å²) in [6, 6.07) is 14.5. The fourth-order valence-corrected chi connectivity index (χ4v) is 3.86. The summed E-state index contributed by atoms with van der Waals surface area (Å²) in [7, 11) is 1.59. The molecule has 0 fully saturated rings. The van der Waals surface area contributed by atoms with Crippen molar-refractivity contribution in [1.29, 1.82) is 0 Å². The van der Waals surface area contributed by atoms with Gasteiger partial charge in [-0.25, -0.2) is 4.98 Å². The van der Waals surface area contributed by atoms with Gasteiger partial charge in [0.05, 0.1) is 25.1 Å². The highest BCUT2D eigenvalue weighted by atomic mass is 32.2. The van der Waals surface area contributed by atoms with Gasteiger partial charge >= 0.3 is 0 Å². The number of carbonyl (C=O) groups excluding carboxylic acids is 1. The third-order valence-electron chi connectivity index (χ3n) is 4.23. The van der Waals surface area contributed by atoms with Crippen LogP contribution in [0.25, 0.3) is 10.8 Å². The average molecular weight is 385 g/mol. The normalized spacial score (nSPS) is 11.0.